The summed E-state index contributed by atoms with van der Waals surface area (Å²) in [6.07, 6.45) is -1.84. The molecule has 3 heterocycles. The molecule has 3 aromatic rings. The Hall–Kier alpha value is -3.23. The van der Waals surface area contributed by atoms with Crippen molar-refractivity contribution >= 4 is 0 Å². The summed E-state index contributed by atoms with van der Waals surface area (Å²) in [5, 5.41) is 0. The normalized spacial score (nSPS) is 17.6. The van der Waals surface area contributed by atoms with E-state index in [1.165, 1.54) is 0 Å². The van der Waals surface area contributed by atoms with Crippen LogP contribution in [-0.4, -0.2) is 50.1 Å². The highest BCUT2D eigenvalue weighted by Gasteiger charge is 2.22. The van der Waals surface area contributed by atoms with Crippen LogP contribution >= 0.6 is 0 Å². The van der Waals surface area contributed by atoms with Crippen LogP contribution in [0.4, 0.5) is 8.78 Å². The molecule has 1 unspecified atom stereocenters. The van der Waals surface area contributed by atoms with E-state index >= 15 is 0 Å². The number of fused-ring (bicyclic) bond motifs is 3. The quantitative estimate of drug-likeness (QED) is 0.459. The van der Waals surface area contributed by atoms with Gasteiger partial charge in [-0.1, -0.05) is 30.3 Å². The van der Waals surface area contributed by atoms with Crippen LogP contribution in [0.2, 0.25) is 0 Å². The van der Waals surface area contributed by atoms with Crippen LogP contribution in [0.5, 0.6) is 11.5 Å². The predicted molar refractivity (Wildman–Crippen MR) is 132 cm³/mol. The highest BCUT2D eigenvalue weighted by atomic mass is 19.3. The first-order valence-corrected chi connectivity index (χ1v) is 12.2. The van der Waals surface area contributed by atoms with Gasteiger partial charge in [0, 0.05) is 23.7 Å². The molecule has 6 nitrogen and oxygen atoms in total. The fourth-order valence-electron chi connectivity index (χ4n) is 4.65. The summed E-state index contributed by atoms with van der Waals surface area (Å²) < 4.78 is 50.3. The van der Waals surface area contributed by atoms with Crippen molar-refractivity contribution in [2.75, 3.05) is 33.0 Å². The first-order chi connectivity index (χ1) is 17.6. The van der Waals surface area contributed by atoms with Gasteiger partial charge in [-0.05, 0) is 42.7 Å². The second-order valence-electron chi connectivity index (χ2n) is 8.95. The monoisotopic (exact) mass is 496 g/mol. The Morgan fingerprint density at radius 3 is 2.72 bits per heavy atom. The molecule has 0 amide bonds. The molecule has 0 N–H and O–H groups in total. The molecule has 2 aliphatic heterocycles. The van der Waals surface area contributed by atoms with Gasteiger partial charge in [0.15, 0.2) is 0 Å². The maximum absolute atomic E-state index is 12.6. The van der Waals surface area contributed by atoms with E-state index in [1.807, 2.05) is 55.5 Å². The summed E-state index contributed by atoms with van der Waals surface area (Å²) >= 11 is 0. The van der Waals surface area contributed by atoms with Crippen molar-refractivity contribution in [1.82, 2.24) is 4.57 Å². The Labute approximate surface area is 209 Å². The fourth-order valence-corrected chi connectivity index (χ4v) is 4.65. The number of ether oxygens (including phenoxy) is 4. The number of pyridine rings is 1. The molecule has 1 saturated heterocycles. The second kappa shape index (κ2) is 11.2. The van der Waals surface area contributed by atoms with E-state index in [0.717, 1.165) is 45.6 Å². The smallest absolute Gasteiger partial charge is 0.272 e. The summed E-state index contributed by atoms with van der Waals surface area (Å²) in [6, 6.07) is 17.6. The molecule has 0 aliphatic carbocycles. The third kappa shape index (κ3) is 5.60. The van der Waals surface area contributed by atoms with Crippen molar-refractivity contribution < 1.29 is 27.7 Å². The number of halogens is 2. The Bertz CT molecular complexity index is 1250. The highest BCUT2D eigenvalue weighted by Crippen LogP contribution is 2.36. The van der Waals surface area contributed by atoms with E-state index in [4.69, 9.17) is 23.9 Å². The Morgan fingerprint density at radius 2 is 1.94 bits per heavy atom. The van der Waals surface area contributed by atoms with Crippen molar-refractivity contribution in [1.29, 1.82) is 0 Å². The lowest BCUT2D eigenvalue weighted by molar-refractivity contribution is -0.0835. The molecule has 2 aliphatic rings. The lowest BCUT2D eigenvalue weighted by atomic mass is 9.94. The third-order valence-electron chi connectivity index (χ3n) is 6.42. The molecular formula is C28H30F2N2O4. The van der Waals surface area contributed by atoms with Crippen LogP contribution in [0.15, 0.2) is 59.6 Å². The fraction of sp³-hybridized carbons (Fsp3) is 0.393. The van der Waals surface area contributed by atoms with E-state index in [2.05, 4.69) is 4.57 Å². The number of alkyl halides is 2. The minimum absolute atomic E-state index is 0.0737. The number of nitrogens with zero attached hydrogens (tertiary/aromatic N) is 2. The summed E-state index contributed by atoms with van der Waals surface area (Å²) in [5.74, 6) is 1.21. The van der Waals surface area contributed by atoms with Crippen LogP contribution in [0.25, 0.3) is 11.3 Å². The van der Waals surface area contributed by atoms with Crippen molar-refractivity contribution in [3.8, 4) is 22.8 Å². The largest absolute Gasteiger partial charge is 0.488 e. The van der Waals surface area contributed by atoms with Gasteiger partial charge in [-0.2, -0.15) is 0 Å². The third-order valence-corrected chi connectivity index (χ3v) is 6.42. The number of benzene rings is 2. The van der Waals surface area contributed by atoms with Gasteiger partial charge in [0.2, 0.25) is 0 Å². The summed E-state index contributed by atoms with van der Waals surface area (Å²) in [5.41, 5.74) is 6.00. The molecular weight excluding hydrogens is 466 g/mol. The average molecular weight is 497 g/mol. The molecule has 2 aromatic carbocycles. The van der Waals surface area contributed by atoms with Gasteiger partial charge >= 0.3 is 0 Å². The molecule has 5 rings (SSSR count). The molecule has 0 saturated carbocycles. The summed E-state index contributed by atoms with van der Waals surface area (Å²) in [6.45, 7) is 4.80. The molecule has 36 heavy (non-hydrogen) atoms. The van der Waals surface area contributed by atoms with Gasteiger partial charge in [0.05, 0.1) is 32.1 Å². The van der Waals surface area contributed by atoms with E-state index < -0.39 is 13.0 Å². The minimum Gasteiger partial charge on any atom is -0.488 e. The van der Waals surface area contributed by atoms with E-state index in [9.17, 15) is 8.78 Å². The lowest BCUT2D eigenvalue weighted by Crippen LogP contribution is -2.33. The number of aromatic nitrogens is 1. The molecule has 1 fully saturated rings. The maximum atomic E-state index is 12.6. The van der Waals surface area contributed by atoms with Gasteiger partial charge in [-0.3, -0.25) is 4.99 Å². The number of aryl methyl sites for hydroxylation is 1. The zero-order valence-electron chi connectivity index (χ0n) is 20.3. The maximum Gasteiger partial charge on any atom is 0.272 e. The van der Waals surface area contributed by atoms with Gasteiger partial charge in [0.1, 0.15) is 36.3 Å². The molecule has 190 valence electrons. The van der Waals surface area contributed by atoms with E-state index in [1.54, 1.807) is 6.07 Å². The minimum atomic E-state index is -2.51. The Kier molecular flexibility index (Phi) is 7.63. The van der Waals surface area contributed by atoms with Crippen molar-refractivity contribution in [3.63, 3.8) is 0 Å². The molecule has 1 aromatic heterocycles. The van der Waals surface area contributed by atoms with Crippen LogP contribution in [0, 0.1) is 6.92 Å². The number of hydrogen-bond donors (Lipinski definition) is 0. The highest BCUT2D eigenvalue weighted by molar-refractivity contribution is 5.71. The van der Waals surface area contributed by atoms with E-state index in [0.29, 0.717) is 45.3 Å². The Balaban J connectivity index is 1.52. The molecule has 0 spiro atoms. The van der Waals surface area contributed by atoms with Crippen LogP contribution in [-0.2, 0) is 29.0 Å². The average Bonchev–Trinajstić information content (AvgIpc) is 2.91. The predicted octanol–water partition coefficient (Wildman–Crippen LogP) is 4.56. The van der Waals surface area contributed by atoms with Crippen molar-refractivity contribution in [3.05, 3.63) is 76.8 Å². The van der Waals surface area contributed by atoms with Gasteiger partial charge in [-0.25, -0.2) is 8.78 Å². The first-order valence-electron chi connectivity index (χ1n) is 12.2. The van der Waals surface area contributed by atoms with Gasteiger partial charge in [-0.15, -0.1) is 0 Å². The number of rotatable bonds is 8. The van der Waals surface area contributed by atoms with Crippen molar-refractivity contribution in [2.45, 2.75) is 39.0 Å². The second-order valence-corrected chi connectivity index (χ2v) is 8.95. The van der Waals surface area contributed by atoms with Crippen molar-refractivity contribution in [2.24, 2.45) is 4.99 Å². The van der Waals surface area contributed by atoms with Crippen LogP contribution in [0.3, 0.4) is 0 Å². The molecule has 0 radical (unpaired) electrons. The molecule has 0 bridgehead atoms. The SMILES string of the molecule is Cc1c(OCc2ccccc2)cc(=NCC2COCCO2)n2c1-c1ccc(OCC(F)F)cc1CC2. The molecule has 1 atom stereocenters. The van der Waals surface area contributed by atoms with Crippen LogP contribution in [0.1, 0.15) is 16.7 Å². The first kappa shape index (κ1) is 24.5. The number of hydrogen-bond acceptors (Lipinski definition) is 5. The Morgan fingerprint density at radius 1 is 1.08 bits per heavy atom. The zero-order chi connectivity index (χ0) is 24.9. The van der Waals surface area contributed by atoms with Crippen LogP contribution < -0.4 is 15.0 Å². The standard InChI is InChI=1S/C28H30F2N2O4/c1-19-25(36-16-20-5-3-2-4-6-20)14-27(31-15-23-17-33-11-12-34-23)32-10-9-21-13-22(35-18-26(29)30)7-8-24(21)28(19)32/h2-8,13-14,23,26H,9-12,15-18H2,1H3. The van der Waals surface area contributed by atoms with Gasteiger partial charge in [0.25, 0.3) is 6.43 Å². The topological polar surface area (TPSA) is 54.2 Å². The summed E-state index contributed by atoms with van der Waals surface area (Å²) in [4.78, 5) is 4.91. The zero-order valence-corrected chi connectivity index (χ0v) is 20.3. The lowest BCUT2D eigenvalue weighted by Gasteiger charge is -2.27. The molecule has 8 heteroatoms. The summed E-state index contributed by atoms with van der Waals surface area (Å²) in [7, 11) is 0. The van der Waals surface area contributed by atoms with Gasteiger partial charge < -0.3 is 23.5 Å². The van der Waals surface area contributed by atoms with E-state index in [-0.39, 0.29) is 6.10 Å².